The summed E-state index contributed by atoms with van der Waals surface area (Å²) in [5.74, 6) is 1.57. The molecule has 2 aliphatic rings. The van der Waals surface area contributed by atoms with Crippen molar-refractivity contribution in [2.24, 2.45) is 0 Å². The molecular formula is C22H23N5O3S. The number of carbonyl (C=O) groups is 1. The molecule has 2 aromatic heterocycles. The molecule has 31 heavy (non-hydrogen) atoms. The van der Waals surface area contributed by atoms with Gasteiger partial charge in [-0.1, -0.05) is 36.3 Å². The average molecular weight is 438 g/mol. The summed E-state index contributed by atoms with van der Waals surface area (Å²) in [5, 5.41) is 15.1. The molecule has 8 nitrogen and oxygen atoms in total. The van der Waals surface area contributed by atoms with Crippen LogP contribution in [-0.4, -0.2) is 41.0 Å². The van der Waals surface area contributed by atoms with E-state index in [9.17, 15) is 4.79 Å². The van der Waals surface area contributed by atoms with Gasteiger partial charge in [0.1, 0.15) is 18.9 Å². The van der Waals surface area contributed by atoms with Crippen molar-refractivity contribution in [1.82, 2.24) is 20.5 Å². The van der Waals surface area contributed by atoms with Gasteiger partial charge >= 0.3 is 6.03 Å². The van der Waals surface area contributed by atoms with E-state index in [0.29, 0.717) is 29.9 Å². The van der Waals surface area contributed by atoms with Crippen molar-refractivity contribution in [3.8, 4) is 22.2 Å². The van der Waals surface area contributed by atoms with Gasteiger partial charge in [-0.3, -0.25) is 10.3 Å². The van der Waals surface area contributed by atoms with Crippen LogP contribution in [0.25, 0.3) is 10.7 Å². The first-order valence-corrected chi connectivity index (χ1v) is 11.2. The summed E-state index contributed by atoms with van der Waals surface area (Å²) in [6.45, 7) is 1.68. The second-order valence-corrected chi connectivity index (χ2v) is 8.76. The van der Waals surface area contributed by atoms with E-state index in [0.717, 1.165) is 42.9 Å². The highest BCUT2D eigenvalue weighted by Gasteiger charge is 2.37. The largest absolute Gasteiger partial charge is 0.486 e. The number of benzene rings is 1. The summed E-state index contributed by atoms with van der Waals surface area (Å²) < 4.78 is 11.4. The summed E-state index contributed by atoms with van der Waals surface area (Å²) in [6.07, 6.45) is 6.03. The summed E-state index contributed by atoms with van der Waals surface area (Å²) in [5.41, 5.74) is 1.81. The van der Waals surface area contributed by atoms with Gasteiger partial charge in [-0.15, -0.1) is 10.2 Å². The third-order valence-corrected chi connectivity index (χ3v) is 6.69. The molecule has 0 radical (unpaired) electrons. The number of hydrogen-bond donors (Lipinski definition) is 2. The molecule has 0 unspecified atom stereocenters. The minimum absolute atomic E-state index is 0.104. The van der Waals surface area contributed by atoms with Crippen LogP contribution in [0.3, 0.4) is 0 Å². The Morgan fingerprint density at radius 2 is 1.90 bits per heavy atom. The third-order valence-electron chi connectivity index (χ3n) is 5.83. The third kappa shape index (κ3) is 4.18. The molecule has 0 bridgehead atoms. The zero-order chi connectivity index (χ0) is 21.1. The maximum Gasteiger partial charge on any atom is 0.321 e. The topological polar surface area (TPSA) is 98.3 Å². The molecule has 0 atom stereocenters. The number of nitrogens with one attached hydrogen (secondary N) is 2. The number of hydrogen-bond acceptors (Lipinski definition) is 7. The standard InChI is InChI=1S/C22H23N5O3S/c28-20(25-21-27-26-19(31-21)16-5-1-4-10-23-16)24-14-22(8-2-3-9-22)15-6-7-17-18(13-15)30-12-11-29-17/h1,4-7,10,13H,2-3,8-9,11-12,14H2,(H2,24,25,27,28). The summed E-state index contributed by atoms with van der Waals surface area (Å²) in [7, 11) is 0. The van der Waals surface area contributed by atoms with E-state index < -0.39 is 0 Å². The van der Waals surface area contributed by atoms with Gasteiger partial charge in [-0.25, -0.2) is 4.79 Å². The fourth-order valence-corrected chi connectivity index (χ4v) is 4.97. The van der Waals surface area contributed by atoms with Crippen LogP contribution < -0.4 is 20.1 Å². The number of anilines is 1. The number of nitrogens with zero attached hydrogens (tertiary/aromatic N) is 3. The van der Waals surface area contributed by atoms with Crippen molar-refractivity contribution < 1.29 is 14.3 Å². The highest BCUT2D eigenvalue weighted by atomic mass is 32.1. The minimum Gasteiger partial charge on any atom is -0.486 e. The van der Waals surface area contributed by atoms with E-state index in [1.54, 1.807) is 6.20 Å². The van der Waals surface area contributed by atoms with Crippen LogP contribution in [0.2, 0.25) is 0 Å². The van der Waals surface area contributed by atoms with Crippen molar-refractivity contribution in [2.75, 3.05) is 25.1 Å². The molecular weight excluding hydrogens is 414 g/mol. The molecule has 1 saturated carbocycles. The first kappa shape index (κ1) is 19.7. The molecule has 1 aliphatic carbocycles. The van der Waals surface area contributed by atoms with E-state index in [1.807, 2.05) is 24.3 Å². The fraction of sp³-hybridized carbons (Fsp3) is 0.364. The SMILES string of the molecule is O=C(NCC1(c2ccc3c(c2)OCCO3)CCCC1)Nc1nnc(-c2ccccn2)s1. The number of fused-ring (bicyclic) bond motifs is 1. The van der Waals surface area contributed by atoms with E-state index in [2.05, 4.69) is 37.9 Å². The predicted molar refractivity (Wildman–Crippen MR) is 118 cm³/mol. The number of pyridine rings is 1. The Morgan fingerprint density at radius 3 is 2.71 bits per heavy atom. The molecule has 1 aromatic carbocycles. The highest BCUT2D eigenvalue weighted by Crippen LogP contribution is 2.43. The van der Waals surface area contributed by atoms with Crippen molar-refractivity contribution in [1.29, 1.82) is 0 Å². The second kappa shape index (κ2) is 8.50. The van der Waals surface area contributed by atoms with Crippen LogP contribution in [0.1, 0.15) is 31.2 Å². The van der Waals surface area contributed by atoms with E-state index in [-0.39, 0.29) is 11.4 Å². The van der Waals surface area contributed by atoms with E-state index in [1.165, 1.54) is 16.9 Å². The monoisotopic (exact) mass is 437 g/mol. The van der Waals surface area contributed by atoms with Gasteiger partial charge in [0.05, 0.1) is 0 Å². The Bertz CT molecular complexity index is 1070. The molecule has 9 heteroatoms. The molecule has 2 amide bonds. The van der Waals surface area contributed by atoms with Gasteiger partial charge < -0.3 is 14.8 Å². The van der Waals surface area contributed by atoms with Gasteiger partial charge in [0.25, 0.3) is 0 Å². The van der Waals surface area contributed by atoms with Crippen LogP contribution in [0, 0.1) is 0 Å². The molecule has 2 N–H and O–H groups in total. The molecule has 0 spiro atoms. The first-order chi connectivity index (χ1) is 15.2. The Balaban J connectivity index is 1.25. The van der Waals surface area contributed by atoms with Crippen LogP contribution in [-0.2, 0) is 5.41 Å². The second-order valence-electron chi connectivity index (χ2n) is 7.78. The Morgan fingerprint density at radius 1 is 1.06 bits per heavy atom. The molecule has 0 saturated heterocycles. The van der Waals surface area contributed by atoms with Crippen LogP contribution in [0.15, 0.2) is 42.6 Å². The lowest BCUT2D eigenvalue weighted by Gasteiger charge is -2.31. The van der Waals surface area contributed by atoms with Crippen molar-refractivity contribution >= 4 is 22.5 Å². The quantitative estimate of drug-likeness (QED) is 0.626. The average Bonchev–Trinajstić information content (AvgIpc) is 3.49. The molecule has 1 aliphatic heterocycles. The Kier molecular flexibility index (Phi) is 5.42. The maximum absolute atomic E-state index is 12.6. The molecule has 5 rings (SSSR count). The van der Waals surface area contributed by atoms with E-state index in [4.69, 9.17) is 9.47 Å². The Hall–Kier alpha value is -3.20. The predicted octanol–water partition coefficient (Wildman–Crippen LogP) is 4.00. The minimum atomic E-state index is -0.285. The summed E-state index contributed by atoms with van der Waals surface area (Å²) in [6, 6.07) is 11.5. The van der Waals surface area contributed by atoms with Crippen molar-refractivity contribution in [2.45, 2.75) is 31.1 Å². The summed E-state index contributed by atoms with van der Waals surface area (Å²) >= 11 is 1.30. The number of ether oxygens (including phenoxy) is 2. The van der Waals surface area contributed by atoms with Gasteiger partial charge in [0, 0.05) is 18.2 Å². The number of aromatic nitrogens is 3. The molecule has 1 fully saturated rings. The van der Waals surface area contributed by atoms with Crippen LogP contribution in [0.5, 0.6) is 11.5 Å². The lowest BCUT2D eigenvalue weighted by molar-refractivity contribution is 0.171. The molecule has 3 heterocycles. The van der Waals surface area contributed by atoms with Crippen molar-refractivity contribution in [3.05, 3.63) is 48.2 Å². The maximum atomic E-state index is 12.6. The molecule has 160 valence electrons. The van der Waals surface area contributed by atoms with Crippen LogP contribution in [0.4, 0.5) is 9.93 Å². The first-order valence-electron chi connectivity index (χ1n) is 10.4. The lowest BCUT2D eigenvalue weighted by atomic mass is 9.78. The van der Waals surface area contributed by atoms with Gasteiger partial charge in [0.2, 0.25) is 5.13 Å². The van der Waals surface area contributed by atoms with Crippen LogP contribution >= 0.6 is 11.3 Å². The zero-order valence-corrected chi connectivity index (χ0v) is 17.8. The number of urea groups is 1. The summed E-state index contributed by atoms with van der Waals surface area (Å²) in [4.78, 5) is 16.8. The number of carbonyl (C=O) groups excluding carboxylic acids is 1. The van der Waals surface area contributed by atoms with Gasteiger partial charge in [0.15, 0.2) is 16.5 Å². The van der Waals surface area contributed by atoms with E-state index >= 15 is 0 Å². The number of amides is 2. The Labute approximate surface area is 184 Å². The molecule has 3 aromatic rings. The zero-order valence-electron chi connectivity index (χ0n) is 17.0. The highest BCUT2D eigenvalue weighted by molar-refractivity contribution is 7.18. The smallest absolute Gasteiger partial charge is 0.321 e. The van der Waals surface area contributed by atoms with Gasteiger partial charge in [-0.2, -0.15) is 0 Å². The van der Waals surface area contributed by atoms with Crippen molar-refractivity contribution in [3.63, 3.8) is 0 Å². The fourth-order valence-electron chi connectivity index (χ4n) is 4.25. The lowest BCUT2D eigenvalue weighted by Crippen LogP contribution is -2.41. The van der Waals surface area contributed by atoms with Gasteiger partial charge in [-0.05, 0) is 42.7 Å². The normalized spacial score (nSPS) is 16.6. The number of rotatable bonds is 5.